The van der Waals surface area contributed by atoms with Crippen molar-refractivity contribution in [2.45, 2.75) is 43.8 Å². The number of carbonyl (C=O) groups is 4. The lowest BCUT2D eigenvalue weighted by Crippen LogP contribution is -2.54. The monoisotopic (exact) mass is 437 g/mol. The van der Waals surface area contributed by atoms with Crippen molar-refractivity contribution in [2.75, 3.05) is 30.9 Å². The number of hydrogen-bond acceptors (Lipinski definition) is 8. The van der Waals surface area contributed by atoms with Crippen LogP contribution in [-0.2, 0) is 19.2 Å². The molecule has 0 saturated carbocycles. The first kappa shape index (κ1) is 26.5. The van der Waals surface area contributed by atoms with Gasteiger partial charge in [0, 0.05) is 5.75 Å². The summed E-state index contributed by atoms with van der Waals surface area (Å²) in [4.78, 5) is 47.5. The topological polar surface area (TPSA) is 177 Å². The standard InChI is InChI=1S/C16H31N5O5S2/c1-28-7-5-11(20-13(22)8-19-14(23)10(18)9-27)15(24)21-12(16(25)26)4-2-3-6-17/h10-12,27H,2-9,17-18H2,1H3,(H,19,23)(H,20,22)(H,21,24)(H,25,26). The molecule has 0 aromatic rings. The van der Waals surface area contributed by atoms with Crippen molar-refractivity contribution in [1.82, 2.24) is 16.0 Å². The molecule has 0 aliphatic rings. The number of carbonyl (C=O) groups excluding carboxylic acids is 3. The maximum Gasteiger partial charge on any atom is 0.326 e. The summed E-state index contributed by atoms with van der Waals surface area (Å²) in [7, 11) is 0. The van der Waals surface area contributed by atoms with Crippen LogP contribution in [0.25, 0.3) is 0 Å². The van der Waals surface area contributed by atoms with Gasteiger partial charge in [-0.05, 0) is 44.2 Å². The van der Waals surface area contributed by atoms with Gasteiger partial charge in [0.2, 0.25) is 17.7 Å². The number of thiol groups is 1. The van der Waals surface area contributed by atoms with E-state index in [1.165, 1.54) is 11.8 Å². The molecule has 3 amide bonds. The van der Waals surface area contributed by atoms with Gasteiger partial charge in [0.05, 0.1) is 12.6 Å². The molecule has 0 bridgehead atoms. The summed E-state index contributed by atoms with van der Waals surface area (Å²) in [5.74, 6) is -2.11. The van der Waals surface area contributed by atoms with Gasteiger partial charge in [-0.15, -0.1) is 0 Å². The van der Waals surface area contributed by atoms with Crippen LogP contribution in [0.3, 0.4) is 0 Å². The lowest BCUT2D eigenvalue weighted by atomic mass is 10.1. The molecular formula is C16H31N5O5S2. The Morgan fingerprint density at radius 1 is 1.07 bits per heavy atom. The zero-order valence-electron chi connectivity index (χ0n) is 16.0. The molecule has 0 spiro atoms. The fraction of sp³-hybridized carbons (Fsp3) is 0.750. The molecule has 3 unspecified atom stereocenters. The first-order chi connectivity index (χ1) is 13.3. The van der Waals surface area contributed by atoms with E-state index in [1.807, 2.05) is 6.26 Å². The fourth-order valence-corrected chi connectivity index (χ4v) is 2.79. The van der Waals surface area contributed by atoms with Gasteiger partial charge in [0.25, 0.3) is 0 Å². The van der Waals surface area contributed by atoms with E-state index in [9.17, 15) is 24.3 Å². The van der Waals surface area contributed by atoms with E-state index in [1.54, 1.807) is 0 Å². The Morgan fingerprint density at radius 2 is 1.75 bits per heavy atom. The van der Waals surface area contributed by atoms with Gasteiger partial charge in [-0.3, -0.25) is 14.4 Å². The molecular weight excluding hydrogens is 406 g/mol. The second-order valence-electron chi connectivity index (χ2n) is 6.09. The lowest BCUT2D eigenvalue weighted by molar-refractivity contribution is -0.142. The minimum Gasteiger partial charge on any atom is -0.480 e. The Hall–Kier alpha value is -1.50. The summed E-state index contributed by atoms with van der Waals surface area (Å²) in [6.07, 6.45) is 3.63. The van der Waals surface area contributed by atoms with Crippen molar-refractivity contribution < 1.29 is 24.3 Å². The number of thioether (sulfide) groups is 1. The summed E-state index contributed by atoms with van der Waals surface area (Å²) < 4.78 is 0. The third-order valence-corrected chi connectivity index (χ3v) is 4.82. The largest absolute Gasteiger partial charge is 0.480 e. The highest BCUT2D eigenvalue weighted by molar-refractivity contribution is 7.98. The molecule has 0 aliphatic heterocycles. The van der Waals surface area contributed by atoms with Crippen molar-refractivity contribution in [3.63, 3.8) is 0 Å². The van der Waals surface area contributed by atoms with E-state index in [4.69, 9.17) is 11.5 Å². The quantitative estimate of drug-likeness (QED) is 0.117. The predicted octanol–water partition coefficient (Wildman–Crippen LogP) is -1.70. The highest BCUT2D eigenvalue weighted by Gasteiger charge is 2.26. The average molecular weight is 438 g/mol. The van der Waals surface area contributed by atoms with Gasteiger partial charge in [-0.25, -0.2) is 4.79 Å². The smallest absolute Gasteiger partial charge is 0.326 e. The Balaban J connectivity index is 4.79. The van der Waals surface area contributed by atoms with E-state index < -0.39 is 41.8 Å². The first-order valence-electron chi connectivity index (χ1n) is 8.92. The second kappa shape index (κ2) is 15.4. The molecule has 12 heteroatoms. The van der Waals surface area contributed by atoms with Crippen molar-refractivity contribution in [3.05, 3.63) is 0 Å². The molecule has 0 aliphatic carbocycles. The third-order valence-electron chi connectivity index (χ3n) is 3.78. The molecule has 162 valence electrons. The van der Waals surface area contributed by atoms with E-state index in [2.05, 4.69) is 28.6 Å². The minimum atomic E-state index is -1.15. The zero-order chi connectivity index (χ0) is 21.5. The van der Waals surface area contributed by atoms with Gasteiger partial charge >= 0.3 is 5.97 Å². The minimum absolute atomic E-state index is 0.132. The first-order valence-corrected chi connectivity index (χ1v) is 10.9. The van der Waals surface area contributed by atoms with E-state index in [-0.39, 0.29) is 18.7 Å². The summed E-state index contributed by atoms with van der Waals surface area (Å²) >= 11 is 5.39. The van der Waals surface area contributed by atoms with Crippen LogP contribution < -0.4 is 27.4 Å². The Labute approximate surface area is 174 Å². The number of carboxylic acid groups (broad SMARTS) is 1. The van der Waals surface area contributed by atoms with E-state index in [0.717, 1.165) is 0 Å². The molecule has 0 aromatic carbocycles. The number of rotatable bonds is 15. The van der Waals surface area contributed by atoms with Crippen LogP contribution in [0, 0.1) is 0 Å². The van der Waals surface area contributed by atoms with Crippen LogP contribution >= 0.6 is 24.4 Å². The van der Waals surface area contributed by atoms with Gasteiger partial charge < -0.3 is 32.5 Å². The number of aliphatic carboxylic acids is 1. The van der Waals surface area contributed by atoms with Crippen LogP contribution in [-0.4, -0.2) is 77.8 Å². The van der Waals surface area contributed by atoms with Crippen LogP contribution in [0.15, 0.2) is 0 Å². The Kier molecular flexibility index (Phi) is 14.6. The molecule has 0 rings (SSSR count). The molecule has 0 saturated heterocycles. The average Bonchev–Trinajstić information content (AvgIpc) is 2.67. The highest BCUT2D eigenvalue weighted by Crippen LogP contribution is 2.05. The number of nitrogens with two attached hydrogens (primary N) is 2. The van der Waals surface area contributed by atoms with Gasteiger partial charge in [-0.2, -0.15) is 24.4 Å². The molecule has 3 atom stereocenters. The van der Waals surface area contributed by atoms with Crippen molar-refractivity contribution in [2.24, 2.45) is 11.5 Å². The SMILES string of the molecule is CSCCC(NC(=O)CNC(=O)C(N)CS)C(=O)NC(CCCCN)C(=O)O. The molecule has 0 radical (unpaired) electrons. The van der Waals surface area contributed by atoms with Crippen molar-refractivity contribution in [3.8, 4) is 0 Å². The molecule has 0 fully saturated rings. The number of amides is 3. The molecule has 28 heavy (non-hydrogen) atoms. The van der Waals surface area contributed by atoms with Gasteiger partial charge in [0.1, 0.15) is 12.1 Å². The van der Waals surface area contributed by atoms with Crippen LogP contribution in [0.4, 0.5) is 0 Å². The van der Waals surface area contributed by atoms with Crippen LogP contribution in [0.1, 0.15) is 25.7 Å². The lowest BCUT2D eigenvalue weighted by Gasteiger charge is -2.21. The van der Waals surface area contributed by atoms with Crippen molar-refractivity contribution >= 4 is 48.1 Å². The highest BCUT2D eigenvalue weighted by atomic mass is 32.2. The maximum absolute atomic E-state index is 12.5. The van der Waals surface area contributed by atoms with Gasteiger partial charge in [0.15, 0.2) is 0 Å². The molecule has 0 aromatic heterocycles. The Bertz CT molecular complexity index is 524. The molecule has 0 heterocycles. The number of nitrogens with one attached hydrogen (secondary N) is 3. The number of hydrogen-bond donors (Lipinski definition) is 7. The van der Waals surface area contributed by atoms with E-state index >= 15 is 0 Å². The van der Waals surface area contributed by atoms with Gasteiger partial charge in [-0.1, -0.05) is 0 Å². The predicted molar refractivity (Wildman–Crippen MR) is 112 cm³/mol. The zero-order valence-corrected chi connectivity index (χ0v) is 17.7. The van der Waals surface area contributed by atoms with Crippen LogP contribution in [0.5, 0.6) is 0 Å². The van der Waals surface area contributed by atoms with Crippen molar-refractivity contribution in [1.29, 1.82) is 0 Å². The summed E-state index contributed by atoms with van der Waals surface area (Å²) in [6.45, 7) is 0.0947. The Morgan fingerprint density at radius 3 is 2.29 bits per heavy atom. The third kappa shape index (κ3) is 11.4. The molecule has 10 nitrogen and oxygen atoms in total. The molecule has 8 N–H and O–H groups in total. The summed E-state index contributed by atoms with van der Waals surface area (Å²) in [5, 5.41) is 16.6. The normalized spacial score (nSPS) is 13.9. The summed E-state index contributed by atoms with van der Waals surface area (Å²) in [6, 6.07) is -2.80. The number of carboxylic acids is 1. The fourth-order valence-electron chi connectivity index (χ4n) is 2.15. The summed E-state index contributed by atoms with van der Waals surface area (Å²) in [5.41, 5.74) is 10.9. The van der Waals surface area contributed by atoms with Crippen LogP contribution in [0.2, 0.25) is 0 Å². The number of unbranched alkanes of at least 4 members (excludes halogenated alkanes) is 1. The maximum atomic E-state index is 12.5. The van der Waals surface area contributed by atoms with E-state index in [0.29, 0.717) is 31.6 Å². The second-order valence-corrected chi connectivity index (χ2v) is 7.44.